The molecule has 0 fully saturated rings. The molecule has 3 aromatic rings. The standard InChI is InChI=1S/C25H21N3O5/c29-21(16-28-24(31)18-10-4-5-11-19(18)25(28)32)33-22(20-12-6-7-14-26-20)23(30)27-15-13-17-8-2-1-3-9-17/h1-12,14,22H,13,15-16H2,(H,27,30). The number of hydrogen-bond acceptors (Lipinski definition) is 6. The lowest BCUT2D eigenvalue weighted by molar-refractivity contribution is -0.156. The van der Waals surface area contributed by atoms with Crippen LogP contribution in [-0.2, 0) is 20.7 Å². The Morgan fingerprint density at radius 1 is 0.879 bits per heavy atom. The highest BCUT2D eigenvalue weighted by molar-refractivity contribution is 6.22. The number of carbonyl (C=O) groups excluding carboxylic acids is 4. The summed E-state index contributed by atoms with van der Waals surface area (Å²) in [6.45, 7) is -0.269. The van der Waals surface area contributed by atoms with Crippen molar-refractivity contribution in [3.05, 3.63) is 101 Å². The van der Waals surface area contributed by atoms with Gasteiger partial charge in [0, 0.05) is 12.7 Å². The van der Waals surface area contributed by atoms with Gasteiger partial charge in [-0.05, 0) is 36.2 Å². The number of benzene rings is 2. The van der Waals surface area contributed by atoms with Gasteiger partial charge in [-0.3, -0.25) is 29.1 Å². The highest BCUT2D eigenvalue weighted by Crippen LogP contribution is 2.23. The molecule has 0 radical (unpaired) electrons. The van der Waals surface area contributed by atoms with E-state index in [2.05, 4.69) is 10.3 Å². The zero-order valence-electron chi connectivity index (χ0n) is 17.6. The Kier molecular flexibility index (Phi) is 6.54. The highest BCUT2D eigenvalue weighted by atomic mass is 16.5. The first-order valence-electron chi connectivity index (χ1n) is 10.4. The Bertz CT molecular complexity index is 1150. The summed E-state index contributed by atoms with van der Waals surface area (Å²) in [4.78, 5) is 55.5. The van der Waals surface area contributed by atoms with Gasteiger partial charge in [-0.1, -0.05) is 48.5 Å². The number of pyridine rings is 1. The maximum atomic E-state index is 12.8. The van der Waals surface area contributed by atoms with Gasteiger partial charge in [-0.15, -0.1) is 0 Å². The maximum absolute atomic E-state index is 12.8. The first-order valence-corrected chi connectivity index (χ1v) is 10.4. The molecule has 1 N–H and O–H groups in total. The minimum atomic E-state index is -1.32. The van der Waals surface area contributed by atoms with Crippen molar-refractivity contribution in [1.29, 1.82) is 0 Å². The van der Waals surface area contributed by atoms with Crippen LogP contribution in [0.1, 0.15) is 38.1 Å². The number of hydrogen-bond donors (Lipinski definition) is 1. The summed E-state index contributed by atoms with van der Waals surface area (Å²) in [5.74, 6) is -2.58. The number of aromatic nitrogens is 1. The van der Waals surface area contributed by atoms with E-state index in [0.717, 1.165) is 10.5 Å². The molecule has 1 atom stereocenters. The first kappa shape index (κ1) is 21.9. The molecule has 8 nitrogen and oxygen atoms in total. The van der Waals surface area contributed by atoms with E-state index in [9.17, 15) is 19.2 Å². The Morgan fingerprint density at radius 2 is 1.52 bits per heavy atom. The molecular formula is C25H21N3O5. The van der Waals surface area contributed by atoms with Gasteiger partial charge in [-0.2, -0.15) is 0 Å². The van der Waals surface area contributed by atoms with Gasteiger partial charge < -0.3 is 10.1 Å². The number of rotatable bonds is 8. The molecule has 0 saturated carbocycles. The van der Waals surface area contributed by atoms with Gasteiger partial charge in [0.05, 0.1) is 16.8 Å². The lowest BCUT2D eigenvalue weighted by Gasteiger charge is -2.19. The molecule has 8 heteroatoms. The second-order valence-electron chi connectivity index (χ2n) is 7.39. The van der Waals surface area contributed by atoms with Gasteiger partial charge in [-0.25, -0.2) is 0 Å². The Labute approximate surface area is 190 Å². The number of esters is 1. The molecule has 0 bridgehead atoms. The number of carbonyl (C=O) groups is 4. The molecule has 3 amide bonds. The minimum absolute atomic E-state index is 0.232. The van der Waals surface area contributed by atoms with Crippen LogP contribution >= 0.6 is 0 Å². The molecule has 1 aliphatic rings. The molecule has 1 unspecified atom stereocenters. The predicted molar refractivity (Wildman–Crippen MR) is 118 cm³/mol. The van der Waals surface area contributed by atoms with E-state index < -0.39 is 36.3 Å². The summed E-state index contributed by atoms with van der Waals surface area (Å²) in [5.41, 5.74) is 1.76. The average Bonchev–Trinajstić information content (AvgIpc) is 3.08. The van der Waals surface area contributed by atoms with Crippen LogP contribution in [0, 0.1) is 0 Å². The lowest BCUT2D eigenvalue weighted by Crippen LogP contribution is -2.39. The van der Waals surface area contributed by atoms with E-state index >= 15 is 0 Å². The Morgan fingerprint density at radius 3 is 2.15 bits per heavy atom. The third kappa shape index (κ3) is 4.95. The van der Waals surface area contributed by atoms with Gasteiger partial charge in [0.2, 0.25) is 6.10 Å². The van der Waals surface area contributed by atoms with E-state index in [-0.39, 0.29) is 16.8 Å². The van der Waals surface area contributed by atoms with Crippen LogP contribution < -0.4 is 5.32 Å². The zero-order chi connectivity index (χ0) is 23.2. The van der Waals surface area contributed by atoms with Crippen molar-refractivity contribution < 1.29 is 23.9 Å². The number of imide groups is 1. The smallest absolute Gasteiger partial charge is 0.327 e. The number of fused-ring (bicyclic) bond motifs is 1. The molecule has 1 aromatic heterocycles. The Hall–Kier alpha value is -4.33. The topological polar surface area (TPSA) is 106 Å². The van der Waals surface area contributed by atoms with Gasteiger partial charge in [0.1, 0.15) is 6.54 Å². The Balaban J connectivity index is 1.42. The second kappa shape index (κ2) is 9.86. The van der Waals surface area contributed by atoms with Crippen molar-refractivity contribution in [2.75, 3.05) is 13.1 Å². The highest BCUT2D eigenvalue weighted by Gasteiger charge is 2.37. The maximum Gasteiger partial charge on any atom is 0.327 e. The fourth-order valence-corrected chi connectivity index (χ4v) is 3.53. The number of nitrogens with one attached hydrogen (secondary N) is 1. The number of nitrogens with zero attached hydrogens (tertiary/aromatic N) is 2. The van der Waals surface area contributed by atoms with Crippen molar-refractivity contribution in [3.63, 3.8) is 0 Å². The van der Waals surface area contributed by atoms with Crippen LogP contribution in [-0.4, -0.2) is 46.7 Å². The van der Waals surface area contributed by atoms with E-state index in [1.165, 1.54) is 18.3 Å². The largest absolute Gasteiger partial charge is 0.444 e. The summed E-state index contributed by atoms with van der Waals surface area (Å²) >= 11 is 0. The molecule has 0 saturated heterocycles. The third-order valence-corrected chi connectivity index (χ3v) is 5.16. The molecular weight excluding hydrogens is 422 g/mol. The van der Waals surface area contributed by atoms with Crippen molar-refractivity contribution in [1.82, 2.24) is 15.2 Å². The SMILES string of the molecule is O=C(CN1C(=O)c2ccccc2C1=O)OC(C(=O)NCCc1ccccc1)c1ccccn1. The molecule has 1 aliphatic heterocycles. The van der Waals surface area contributed by atoms with Crippen LogP contribution in [0.25, 0.3) is 0 Å². The summed E-state index contributed by atoms with van der Waals surface area (Å²) in [6.07, 6.45) is 0.770. The normalized spacial score (nSPS) is 13.4. The van der Waals surface area contributed by atoms with Crippen molar-refractivity contribution >= 4 is 23.7 Å². The molecule has 2 aromatic carbocycles. The fraction of sp³-hybridized carbons (Fsp3) is 0.160. The molecule has 4 rings (SSSR count). The molecule has 0 spiro atoms. The number of ether oxygens (including phenoxy) is 1. The van der Waals surface area contributed by atoms with Crippen molar-refractivity contribution in [2.24, 2.45) is 0 Å². The van der Waals surface area contributed by atoms with Crippen LogP contribution in [0.15, 0.2) is 79.0 Å². The van der Waals surface area contributed by atoms with E-state index in [1.54, 1.807) is 30.3 Å². The summed E-state index contributed by atoms with van der Waals surface area (Å²) in [6, 6.07) is 20.9. The summed E-state index contributed by atoms with van der Waals surface area (Å²) in [7, 11) is 0. The van der Waals surface area contributed by atoms with Crippen molar-refractivity contribution in [2.45, 2.75) is 12.5 Å². The average molecular weight is 443 g/mol. The van der Waals surface area contributed by atoms with Crippen LogP contribution in [0.4, 0.5) is 0 Å². The van der Waals surface area contributed by atoms with E-state index in [1.807, 2.05) is 30.3 Å². The lowest BCUT2D eigenvalue weighted by atomic mass is 10.1. The van der Waals surface area contributed by atoms with Crippen LogP contribution in [0.2, 0.25) is 0 Å². The molecule has 0 aliphatic carbocycles. The van der Waals surface area contributed by atoms with Crippen molar-refractivity contribution in [3.8, 4) is 0 Å². The minimum Gasteiger partial charge on any atom is -0.444 e. The van der Waals surface area contributed by atoms with Gasteiger partial charge in [0.25, 0.3) is 17.7 Å². The molecule has 2 heterocycles. The zero-order valence-corrected chi connectivity index (χ0v) is 17.6. The van der Waals surface area contributed by atoms with Gasteiger partial charge in [0.15, 0.2) is 0 Å². The quantitative estimate of drug-likeness (QED) is 0.423. The van der Waals surface area contributed by atoms with Gasteiger partial charge >= 0.3 is 5.97 Å². The van der Waals surface area contributed by atoms with Crippen LogP contribution in [0.3, 0.4) is 0 Å². The molecule has 33 heavy (non-hydrogen) atoms. The molecule has 166 valence electrons. The summed E-state index contributed by atoms with van der Waals surface area (Å²) < 4.78 is 5.40. The first-order chi connectivity index (χ1) is 16.0. The second-order valence-corrected chi connectivity index (χ2v) is 7.39. The van der Waals surface area contributed by atoms with E-state index in [0.29, 0.717) is 13.0 Å². The summed E-state index contributed by atoms with van der Waals surface area (Å²) in [5, 5.41) is 2.76. The van der Waals surface area contributed by atoms with Crippen LogP contribution in [0.5, 0.6) is 0 Å². The number of amides is 3. The predicted octanol–water partition coefficient (Wildman–Crippen LogP) is 2.32. The third-order valence-electron chi connectivity index (χ3n) is 5.16. The fourth-order valence-electron chi connectivity index (χ4n) is 3.53. The van der Waals surface area contributed by atoms with E-state index in [4.69, 9.17) is 4.74 Å². The monoisotopic (exact) mass is 443 g/mol.